The maximum atomic E-state index is 5.94. The Bertz CT molecular complexity index is 638. The molecule has 130 valence electrons. The molecule has 0 radical (unpaired) electrons. The molecule has 1 aromatic heterocycles. The van der Waals surface area contributed by atoms with Gasteiger partial charge in [0.05, 0.1) is 12.8 Å². The first-order valence-electron chi connectivity index (χ1n) is 8.63. The van der Waals surface area contributed by atoms with Crippen molar-refractivity contribution < 1.29 is 9.47 Å². The van der Waals surface area contributed by atoms with E-state index in [0.29, 0.717) is 11.8 Å². The molecule has 3 rings (SSSR count). The van der Waals surface area contributed by atoms with Crippen molar-refractivity contribution in [2.45, 2.75) is 25.4 Å². The molecule has 1 aromatic carbocycles. The van der Waals surface area contributed by atoms with E-state index < -0.39 is 0 Å². The lowest BCUT2D eigenvalue weighted by atomic mass is 9.97. The quantitative estimate of drug-likeness (QED) is 0.848. The number of hydrogen-bond acceptors (Lipinski definition) is 4. The molecule has 1 N–H and O–H groups in total. The summed E-state index contributed by atoms with van der Waals surface area (Å²) in [6.45, 7) is 5.01. The van der Waals surface area contributed by atoms with E-state index in [0.717, 1.165) is 31.9 Å². The summed E-state index contributed by atoms with van der Waals surface area (Å²) in [6, 6.07) is 10.4. The maximum absolute atomic E-state index is 5.94. The number of nitrogens with one attached hydrogen (secondary N) is 1. The monoisotopic (exact) mass is 329 g/mol. The molecule has 1 aliphatic rings. The largest absolute Gasteiger partial charge is 0.497 e. The predicted octanol–water partition coefficient (Wildman–Crippen LogP) is 2.90. The van der Waals surface area contributed by atoms with E-state index in [1.54, 1.807) is 7.11 Å². The van der Waals surface area contributed by atoms with Gasteiger partial charge < -0.3 is 14.8 Å². The minimum atomic E-state index is 0.154. The molecule has 5 nitrogen and oxygen atoms in total. The van der Waals surface area contributed by atoms with E-state index >= 15 is 0 Å². The summed E-state index contributed by atoms with van der Waals surface area (Å²) in [4.78, 5) is 0. The van der Waals surface area contributed by atoms with Crippen molar-refractivity contribution in [3.05, 3.63) is 47.8 Å². The lowest BCUT2D eigenvalue weighted by molar-refractivity contribution is 0.0838. The third kappa shape index (κ3) is 3.79. The third-order valence-electron chi connectivity index (χ3n) is 4.91. The van der Waals surface area contributed by atoms with Crippen molar-refractivity contribution in [2.24, 2.45) is 13.0 Å². The lowest BCUT2D eigenvalue weighted by Gasteiger charge is -2.20. The van der Waals surface area contributed by atoms with Gasteiger partial charge in [-0.05, 0) is 36.1 Å². The summed E-state index contributed by atoms with van der Waals surface area (Å²) < 4.78 is 13.1. The van der Waals surface area contributed by atoms with E-state index in [9.17, 15) is 0 Å². The highest BCUT2D eigenvalue weighted by molar-refractivity contribution is 5.29. The van der Waals surface area contributed by atoms with Gasteiger partial charge in [-0.2, -0.15) is 5.10 Å². The van der Waals surface area contributed by atoms with Crippen LogP contribution in [0, 0.1) is 5.92 Å². The second-order valence-electron chi connectivity index (χ2n) is 6.55. The van der Waals surface area contributed by atoms with Crippen LogP contribution >= 0.6 is 0 Å². The third-order valence-corrected chi connectivity index (χ3v) is 4.91. The van der Waals surface area contributed by atoms with Crippen molar-refractivity contribution in [1.29, 1.82) is 0 Å². The first kappa shape index (κ1) is 17.0. The van der Waals surface area contributed by atoms with Gasteiger partial charge in [-0.25, -0.2) is 0 Å². The summed E-state index contributed by atoms with van der Waals surface area (Å²) in [5.41, 5.74) is 2.50. The number of rotatable bonds is 7. The summed E-state index contributed by atoms with van der Waals surface area (Å²) >= 11 is 0. The van der Waals surface area contributed by atoms with Crippen LogP contribution in [-0.4, -0.2) is 36.6 Å². The van der Waals surface area contributed by atoms with Crippen molar-refractivity contribution in [1.82, 2.24) is 15.1 Å². The lowest BCUT2D eigenvalue weighted by Crippen LogP contribution is -2.28. The highest BCUT2D eigenvalue weighted by Gasteiger charge is 2.31. The van der Waals surface area contributed by atoms with Crippen LogP contribution in [-0.2, 0) is 11.8 Å². The Hall–Kier alpha value is -1.85. The fraction of sp³-hybridized carbons (Fsp3) is 0.526. The Morgan fingerprint density at radius 2 is 2.12 bits per heavy atom. The Kier molecular flexibility index (Phi) is 5.53. The maximum Gasteiger partial charge on any atom is 0.118 e. The molecule has 24 heavy (non-hydrogen) atoms. The Morgan fingerprint density at radius 3 is 2.79 bits per heavy atom. The Morgan fingerprint density at radius 1 is 1.33 bits per heavy atom. The van der Waals surface area contributed by atoms with Crippen LogP contribution in [0.1, 0.15) is 36.6 Å². The zero-order valence-corrected chi connectivity index (χ0v) is 14.7. The van der Waals surface area contributed by atoms with Gasteiger partial charge in [-0.15, -0.1) is 0 Å². The number of ether oxygens (including phenoxy) is 2. The topological polar surface area (TPSA) is 48.3 Å². The highest BCUT2D eigenvalue weighted by atomic mass is 16.5. The van der Waals surface area contributed by atoms with Crippen LogP contribution < -0.4 is 10.1 Å². The van der Waals surface area contributed by atoms with Gasteiger partial charge in [0.25, 0.3) is 0 Å². The molecule has 0 spiro atoms. The number of aromatic nitrogens is 2. The van der Waals surface area contributed by atoms with Gasteiger partial charge in [0.2, 0.25) is 0 Å². The van der Waals surface area contributed by atoms with E-state index in [1.807, 2.05) is 30.1 Å². The molecule has 1 aliphatic heterocycles. The van der Waals surface area contributed by atoms with E-state index in [1.165, 1.54) is 11.3 Å². The molecule has 3 atom stereocenters. The zero-order chi connectivity index (χ0) is 16.9. The minimum Gasteiger partial charge on any atom is -0.497 e. The van der Waals surface area contributed by atoms with Gasteiger partial charge in [-0.3, -0.25) is 4.68 Å². The van der Waals surface area contributed by atoms with E-state index in [-0.39, 0.29) is 6.10 Å². The number of benzene rings is 1. The van der Waals surface area contributed by atoms with Gasteiger partial charge in [0.15, 0.2) is 0 Å². The van der Waals surface area contributed by atoms with Crippen molar-refractivity contribution in [3.8, 4) is 5.75 Å². The first-order chi connectivity index (χ1) is 11.7. The van der Waals surface area contributed by atoms with Crippen LogP contribution in [0.15, 0.2) is 36.5 Å². The average molecular weight is 329 g/mol. The standard InChI is InChI=1S/C19H27N3O2/c1-14(15-4-6-17(23-3)7-5-15)12-20-13-16-9-11-24-19(16)18-8-10-21-22(18)2/h4-8,10,14,16,19-20H,9,11-13H2,1-3H3/t14-,16+,19-/m1/s1. The smallest absolute Gasteiger partial charge is 0.118 e. The SMILES string of the molecule is COc1ccc([C@H](C)CNC[C@@H]2CCO[C@H]2c2ccnn2C)cc1. The van der Waals surface area contributed by atoms with Crippen molar-refractivity contribution >= 4 is 0 Å². The molecule has 0 bridgehead atoms. The summed E-state index contributed by atoms with van der Waals surface area (Å²) in [5, 5.41) is 7.89. The van der Waals surface area contributed by atoms with Crippen molar-refractivity contribution in [3.63, 3.8) is 0 Å². The molecule has 2 aromatic rings. The average Bonchev–Trinajstić information content (AvgIpc) is 3.23. The second kappa shape index (κ2) is 7.81. The van der Waals surface area contributed by atoms with Gasteiger partial charge >= 0.3 is 0 Å². The Labute approximate surface area is 144 Å². The van der Waals surface area contributed by atoms with Gasteiger partial charge in [-0.1, -0.05) is 19.1 Å². The number of methoxy groups -OCH3 is 1. The number of nitrogens with zero attached hydrogens (tertiary/aromatic N) is 2. The van der Waals surface area contributed by atoms with E-state index in [4.69, 9.17) is 9.47 Å². The summed E-state index contributed by atoms with van der Waals surface area (Å²) in [5.74, 6) is 1.87. The molecular weight excluding hydrogens is 302 g/mol. The Balaban J connectivity index is 1.51. The van der Waals surface area contributed by atoms with Crippen LogP contribution in [0.3, 0.4) is 0 Å². The minimum absolute atomic E-state index is 0.154. The molecule has 1 fully saturated rings. The molecule has 2 heterocycles. The highest BCUT2D eigenvalue weighted by Crippen LogP contribution is 2.33. The normalized spacial score (nSPS) is 21.8. The number of aryl methyl sites for hydroxylation is 1. The summed E-state index contributed by atoms with van der Waals surface area (Å²) in [7, 11) is 3.68. The van der Waals surface area contributed by atoms with Crippen LogP contribution in [0.2, 0.25) is 0 Å². The molecule has 0 unspecified atom stereocenters. The van der Waals surface area contributed by atoms with Gasteiger partial charge in [0, 0.05) is 38.9 Å². The molecule has 1 saturated heterocycles. The number of hydrogen-bond donors (Lipinski definition) is 1. The van der Waals surface area contributed by atoms with Crippen molar-refractivity contribution in [2.75, 3.05) is 26.8 Å². The first-order valence-corrected chi connectivity index (χ1v) is 8.63. The predicted molar refractivity (Wildman–Crippen MR) is 94.3 cm³/mol. The molecule has 0 aliphatic carbocycles. The van der Waals surface area contributed by atoms with Crippen LogP contribution in [0.25, 0.3) is 0 Å². The fourth-order valence-electron chi connectivity index (χ4n) is 3.37. The van der Waals surface area contributed by atoms with Gasteiger partial charge in [0.1, 0.15) is 11.9 Å². The molecule has 0 amide bonds. The fourth-order valence-corrected chi connectivity index (χ4v) is 3.37. The molecule has 0 saturated carbocycles. The summed E-state index contributed by atoms with van der Waals surface area (Å²) in [6.07, 6.45) is 3.09. The van der Waals surface area contributed by atoms with Crippen LogP contribution in [0.5, 0.6) is 5.75 Å². The molecule has 5 heteroatoms. The van der Waals surface area contributed by atoms with Crippen LogP contribution in [0.4, 0.5) is 0 Å². The van der Waals surface area contributed by atoms with E-state index in [2.05, 4.69) is 35.5 Å². The second-order valence-corrected chi connectivity index (χ2v) is 6.55. The molecular formula is C19H27N3O2. The zero-order valence-electron chi connectivity index (χ0n) is 14.7.